The lowest BCUT2D eigenvalue weighted by Gasteiger charge is -2.08. The number of halogens is 1. The van der Waals surface area contributed by atoms with Gasteiger partial charge in [0.2, 0.25) is 0 Å². The maximum atomic E-state index is 11.0. The van der Waals surface area contributed by atoms with Crippen LogP contribution in [0.15, 0.2) is 47.4 Å². The van der Waals surface area contributed by atoms with Crippen LogP contribution in [-0.4, -0.2) is 11.2 Å². The number of rotatable bonds is 4. The molecule has 6 heteroatoms. The third-order valence-electron chi connectivity index (χ3n) is 2.52. The van der Waals surface area contributed by atoms with Gasteiger partial charge >= 0.3 is 5.69 Å². The van der Waals surface area contributed by atoms with Gasteiger partial charge in [-0.2, -0.15) is 0 Å². The molecule has 0 spiro atoms. The number of nitrogens with zero attached hydrogens (tertiary/aromatic N) is 1. The van der Waals surface area contributed by atoms with E-state index >= 15 is 0 Å². The zero-order chi connectivity index (χ0) is 13.8. The second-order valence-electron chi connectivity index (χ2n) is 3.75. The Labute approximate surface area is 119 Å². The number of benzene rings is 2. The topological polar surface area (TPSA) is 55.2 Å². The molecule has 0 atom stereocenters. The average Bonchev–Trinajstić information content (AvgIpc) is 2.38. The summed E-state index contributed by atoms with van der Waals surface area (Å²) in [4.78, 5) is 11.6. The highest BCUT2D eigenvalue weighted by molar-refractivity contribution is 7.98. The summed E-state index contributed by atoms with van der Waals surface area (Å²) in [5, 5.41) is 14.2. The lowest BCUT2D eigenvalue weighted by Crippen LogP contribution is -1.97. The van der Waals surface area contributed by atoms with Crippen LogP contribution < -0.4 is 5.32 Å². The Morgan fingerprint density at radius 2 is 2.00 bits per heavy atom. The Bertz CT molecular complexity index is 619. The maximum absolute atomic E-state index is 11.0. The molecule has 0 fully saturated rings. The lowest BCUT2D eigenvalue weighted by molar-refractivity contribution is -0.383. The molecule has 0 amide bonds. The predicted octanol–water partition coefficient (Wildman–Crippen LogP) is 4.71. The number of anilines is 2. The van der Waals surface area contributed by atoms with Crippen molar-refractivity contribution in [3.8, 4) is 0 Å². The molecule has 1 N–H and O–H groups in total. The van der Waals surface area contributed by atoms with E-state index in [1.807, 2.05) is 30.5 Å². The summed E-state index contributed by atoms with van der Waals surface area (Å²) in [6.45, 7) is 0. The van der Waals surface area contributed by atoms with Crippen LogP contribution in [0.25, 0.3) is 0 Å². The van der Waals surface area contributed by atoms with Gasteiger partial charge in [-0.1, -0.05) is 23.7 Å². The molecule has 0 bridgehead atoms. The van der Waals surface area contributed by atoms with Gasteiger partial charge in [-0.05, 0) is 36.6 Å². The molecule has 98 valence electrons. The molecular weight excluding hydrogens is 284 g/mol. The predicted molar refractivity (Wildman–Crippen MR) is 79.6 cm³/mol. The molecule has 0 heterocycles. The summed E-state index contributed by atoms with van der Waals surface area (Å²) in [5.74, 6) is 0. The highest BCUT2D eigenvalue weighted by Crippen LogP contribution is 2.34. The summed E-state index contributed by atoms with van der Waals surface area (Å²) in [6.07, 6.45) is 1.97. The van der Waals surface area contributed by atoms with Gasteiger partial charge in [-0.15, -0.1) is 11.8 Å². The molecule has 0 saturated carbocycles. The number of thioether (sulfide) groups is 1. The Morgan fingerprint density at radius 3 is 2.68 bits per heavy atom. The maximum Gasteiger partial charge on any atom is 0.311 e. The van der Waals surface area contributed by atoms with Crippen molar-refractivity contribution < 1.29 is 4.92 Å². The van der Waals surface area contributed by atoms with Gasteiger partial charge in [0.15, 0.2) is 0 Å². The Kier molecular flexibility index (Phi) is 4.29. The van der Waals surface area contributed by atoms with Crippen LogP contribution in [0.2, 0.25) is 5.02 Å². The highest BCUT2D eigenvalue weighted by atomic mass is 35.5. The molecule has 0 saturated heterocycles. The second-order valence-corrected chi connectivity index (χ2v) is 5.04. The first-order valence-corrected chi connectivity index (χ1v) is 7.06. The van der Waals surface area contributed by atoms with Crippen LogP contribution in [0.1, 0.15) is 0 Å². The number of nitro benzene ring substituents is 1. The molecule has 0 aliphatic rings. The summed E-state index contributed by atoms with van der Waals surface area (Å²) in [7, 11) is 0. The van der Waals surface area contributed by atoms with Gasteiger partial charge in [0.05, 0.1) is 4.92 Å². The van der Waals surface area contributed by atoms with Crippen LogP contribution in [0.3, 0.4) is 0 Å². The number of nitrogens with one attached hydrogen (secondary N) is 1. The van der Waals surface area contributed by atoms with E-state index in [4.69, 9.17) is 11.6 Å². The van der Waals surface area contributed by atoms with Crippen molar-refractivity contribution in [3.63, 3.8) is 0 Å². The summed E-state index contributed by atoms with van der Waals surface area (Å²) in [6, 6.07) is 12.5. The van der Waals surface area contributed by atoms with E-state index in [2.05, 4.69) is 5.32 Å². The minimum Gasteiger partial charge on any atom is -0.350 e. The lowest BCUT2D eigenvalue weighted by atomic mass is 10.2. The Balaban J connectivity index is 2.38. The fourth-order valence-corrected chi connectivity index (χ4v) is 2.36. The Morgan fingerprint density at radius 1 is 1.26 bits per heavy atom. The monoisotopic (exact) mass is 294 g/mol. The molecule has 0 aromatic heterocycles. The summed E-state index contributed by atoms with van der Waals surface area (Å²) >= 11 is 7.47. The molecular formula is C13H11ClN2O2S. The van der Waals surface area contributed by atoms with E-state index in [-0.39, 0.29) is 10.7 Å². The van der Waals surface area contributed by atoms with Crippen LogP contribution in [0, 0.1) is 10.1 Å². The van der Waals surface area contributed by atoms with Gasteiger partial charge in [0.25, 0.3) is 0 Å². The minimum absolute atomic E-state index is 0.112. The quantitative estimate of drug-likeness (QED) is 0.504. The number of nitro groups is 1. The zero-order valence-corrected chi connectivity index (χ0v) is 11.7. The first kappa shape index (κ1) is 13.7. The molecule has 0 unspecified atom stereocenters. The fraction of sp³-hybridized carbons (Fsp3) is 0.0769. The van der Waals surface area contributed by atoms with Crippen LogP contribution in [0.4, 0.5) is 17.1 Å². The molecule has 2 aromatic rings. The molecule has 19 heavy (non-hydrogen) atoms. The number of hydrogen-bond acceptors (Lipinski definition) is 4. The van der Waals surface area contributed by atoms with Crippen molar-refractivity contribution >= 4 is 40.4 Å². The third kappa shape index (κ3) is 3.19. The van der Waals surface area contributed by atoms with Gasteiger partial charge in [0.1, 0.15) is 10.7 Å². The largest absolute Gasteiger partial charge is 0.350 e. The molecule has 0 aliphatic carbocycles. The number of hydrogen-bond donors (Lipinski definition) is 1. The standard InChI is InChI=1S/C13H11ClN2O2S/c1-19-10-5-2-4-9(8-10)15-12-7-3-6-11(14)13(12)16(17)18/h2-8,15H,1H3. The first-order chi connectivity index (χ1) is 9.11. The van der Waals surface area contributed by atoms with E-state index in [1.54, 1.807) is 23.9 Å². The summed E-state index contributed by atoms with van der Waals surface area (Å²) < 4.78 is 0. The smallest absolute Gasteiger partial charge is 0.311 e. The van der Waals surface area contributed by atoms with Crippen molar-refractivity contribution in [1.29, 1.82) is 0 Å². The van der Waals surface area contributed by atoms with Gasteiger partial charge in [-0.3, -0.25) is 10.1 Å². The second kappa shape index (κ2) is 5.95. The third-order valence-corrected chi connectivity index (χ3v) is 3.55. The first-order valence-electron chi connectivity index (χ1n) is 5.46. The van der Waals surface area contributed by atoms with Crippen molar-refractivity contribution in [2.45, 2.75) is 4.90 Å². The average molecular weight is 295 g/mol. The molecule has 4 nitrogen and oxygen atoms in total. The summed E-state index contributed by atoms with van der Waals surface area (Å²) in [5.41, 5.74) is 1.06. The highest BCUT2D eigenvalue weighted by Gasteiger charge is 2.18. The van der Waals surface area contributed by atoms with Crippen LogP contribution >= 0.6 is 23.4 Å². The van der Waals surface area contributed by atoms with Crippen molar-refractivity contribution in [3.05, 3.63) is 57.6 Å². The van der Waals surface area contributed by atoms with Gasteiger partial charge < -0.3 is 5.32 Å². The molecule has 0 aliphatic heterocycles. The van der Waals surface area contributed by atoms with Gasteiger partial charge in [-0.25, -0.2) is 0 Å². The van der Waals surface area contributed by atoms with Crippen molar-refractivity contribution in [2.24, 2.45) is 0 Å². The van der Waals surface area contributed by atoms with E-state index in [0.717, 1.165) is 10.6 Å². The van der Waals surface area contributed by atoms with Gasteiger partial charge in [0, 0.05) is 10.6 Å². The minimum atomic E-state index is -0.483. The van der Waals surface area contributed by atoms with E-state index in [9.17, 15) is 10.1 Å². The normalized spacial score (nSPS) is 10.2. The van der Waals surface area contributed by atoms with E-state index in [1.165, 1.54) is 6.07 Å². The van der Waals surface area contributed by atoms with Crippen LogP contribution in [-0.2, 0) is 0 Å². The zero-order valence-electron chi connectivity index (χ0n) is 10.1. The van der Waals surface area contributed by atoms with Crippen LogP contribution in [0.5, 0.6) is 0 Å². The van der Waals surface area contributed by atoms with Crippen molar-refractivity contribution in [1.82, 2.24) is 0 Å². The Hall–Kier alpha value is -1.72. The van der Waals surface area contributed by atoms with E-state index in [0.29, 0.717) is 5.69 Å². The molecule has 2 aromatic carbocycles. The number of para-hydroxylation sites is 1. The van der Waals surface area contributed by atoms with Crippen molar-refractivity contribution in [2.75, 3.05) is 11.6 Å². The fourth-order valence-electron chi connectivity index (χ4n) is 1.66. The SMILES string of the molecule is CSc1cccc(Nc2cccc(Cl)c2[N+](=O)[O-])c1. The molecule has 0 radical (unpaired) electrons. The van der Waals surface area contributed by atoms with E-state index < -0.39 is 4.92 Å². The molecule has 2 rings (SSSR count).